The minimum Gasteiger partial charge on any atom is -0.336 e. The van der Waals surface area contributed by atoms with Crippen molar-refractivity contribution in [2.24, 2.45) is 5.92 Å². The lowest BCUT2D eigenvalue weighted by atomic mass is 10.00. The highest BCUT2D eigenvalue weighted by Gasteiger charge is 2.32. The molecule has 0 spiro atoms. The standard InChI is InChI=1S/C14H24N4O2S/c1-2-17-10-14(16-11-17)21(19,20)18-7-3-4-12(9-18)8-15-13-5-6-13/h10-13,15H,2-9H2,1H3. The first-order valence-electron chi connectivity index (χ1n) is 7.85. The molecule has 0 radical (unpaired) electrons. The van der Waals surface area contributed by atoms with Crippen LogP contribution in [0, 0.1) is 5.92 Å². The molecule has 2 aliphatic rings. The minimum atomic E-state index is -3.43. The van der Waals surface area contributed by atoms with Gasteiger partial charge in [-0.1, -0.05) is 0 Å². The Bertz CT molecular complexity index is 580. The van der Waals surface area contributed by atoms with Gasteiger partial charge in [-0.15, -0.1) is 0 Å². The highest BCUT2D eigenvalue weighted by atomic mass is 32.2. The predicted octanol–water partition coefficient (Wildman–Crippen LogP) is 1.06. The Labute approximate surface area is 126 Å². The first-order valence-corrected chi connectivity index (χ1v) is 9.29. The molecule has 118 valence electrons. The summed E-state index contributed by atoms with van der Waals surface area (Å²) >= 11 is 0. The van der Waals surface area contributed by atoms with Gasteiger partial charge in [-0.25, -0.2) is 13.4 Å². The third-order valence-electron chi connectivity index (χ3n) is 4.33. The zero-order chi connectivity index (χ0) is 14.9. The van der Waals surface area contributed by atoms with Crippen LogP contribution < -0.4 is 5.32 Å². The summed E-state index contributed by atoms with van der Waals surface area (Å²) in [6, 6.07) is 0.678. The molecular weight excluding hydrogens is 288 g/mol. The van der Waals surface area contributed by atoms with E-state index in [9.17, 15) is 8.42 Å². The van der Waals surface area contributed by atoms with Crippen LogP contribution in [-0.2, 0) is 16.6 Å². The lowest BCUT2D eigenvalue weighted by Gasteiger charge is -2.31. The molecule has 1 saturated heterocycles. The van der Waals surface area contributed by atoms with Crippen molar-refractivity contribution in [2.75, 3.05) is 19.6 Å². The molecule has 1 aliphatic heterocycles. The Kier molecular flexibility index (Phi) is 4.33. The average Bonchev–Trinajstić information content (AvgIpc) is 3.19. The third kappa shape index (κ3) is 3.46. The number of piperidine rings is 1. The molecule has 1 saturated carbocycles. The van der Waals surface area contributed by atoms with Gasteiger partial charge in [0.25, 0.3) is 10.0 Å². The van der Waals surface area contributed by atoms with Gasteiger partial charge in [0, 0.05) is 31.9 Å². The zero-order valence-electron chi connectivity index (χ0n) is 12.5. The summed E-state index contributed by atoms with van der Waals surface area (Å²) in [5, 5.41) is 3.69. The van der Waals surface area contributed by atoms with E-state index in [0.717, 1.165) is 25.9 Å². The normalized spacial score (nSPS) is 24.3. The summed E-state index contributed by atoms with van der Waals surface area (Å²) in [6.45, 7) is 4.86. The van der Waals surface area contributed by atoms with Gasteiger partial charge in [0.05, 0.1) is 6.33 Å². The van der Waals surface area contributed by atoms with Crippen LogP contribution in [0.2, 0.25) is 0 Å². The molecule has 1 aromatic rings. The average molecular weight is 312 g/mol. The largest absolute Gasteiger partial charge is 0.336 e. The molecule has 2 heterocycles. The van der Waals surface area contributed by atoms with Gasteiger partial charge in [-0.05, 0) is 45.1 Å². The van der Waals surface area contributed by atoms with Gasteiger partial charge in [0.2, 0.25) is 0 Å². The van der Waals surface area contributed by atoms with E-state index in [2.05, 4.69) is 10.3 Å². The molecule has 1 aliphatic carbocycles. The smallest absolute Gasteiger partial charge is 0.262 e. The van der Waals surface area contributed by atoms with Crippen molar-refractivity contribution in [2.45, 2.75) is 50.2 Å². The van der Waals surface area contributed by atoms with Crippen LogP contribution in [0.5, 0.6) is 0 Å². The van der Waals surface area contributed by atoms with Crippen LogP contribution in [0.4, 0.5) is 0 Å². The monoisotopic (exact) mass is 312 g/mol. The Morgan fingerprint density at radius 3 is 2.86 bits per heavy atom. The second kappa shape index (κ2) is 6.06. The molecule has 21 heavy (non-hydrogen) atoms. The molecular formula is C14H24N4O2S. The van der Waals surface area contributed by atoms with Crippen LogP contribution in [-0.4, -0.2) is 48.0 Å². The molecule has 6 nitrogen and oxygen atoms in total. The Morgan fingerprint density at radius 1 is 1.38 bits per heavy atom. The van der Waals surface area contributed by atoms with E-state index in [1.807, 2.05) is 6.92 Å². The molecule has 2 fully saturated rings. The molecule has 1 atom stereocenters. The van der Waals surface area contributed by atoms with E-state index in [-0.39, 0.29) is 5.03 Å². The molecule has 1 N–H and O–H groups in total. The fourth-order valence-electron chi connectivity index (χ4n) is 2.81. The summed E-state index contributed by atoms with van der Waals surface area (Å²) in [5.41, 5.74) is 0. The number of hydrogen-bond acceptors (Lipinski definition) is 4. The topological polar surface area (TPSA) is 67.2 Å². The van der Waals surface area contributed by atoms with Crippen molar-refractivity contribution in [1.29, 1.82) is 0 Å². The van der Waals surface area contributed by atoms with Gasteiger partial charge in [0.1, 0.15) is 0 Å². The quantitative estimate of drug-likeness (QED) is 0.853. The van der Waals surface area contributed by atoms with E-state index in [1.54, 1.807) is 21.4 Å². The lowest BCUT2D eigenvalue weighted by molar-refractivity contribution is 0.259. The summed E-state index contributed by atoms with van der Waals surface area (Å²) in [4.78, 5) is 4.06. The Morgan fingerprint density at radius 2 is 2.19 bits per heavy atom. The number of imidazole rings is 1. The fraction of sp³-hybridized carbons (Fsp3) is 0.786. The molecule has 7 heteroatoms. The lowest BCUT2D eigenvalue weighted by Crippen LogP contribution is -2.43. The summed E-state index contributed by atoms with van der Waals surface area (Å²) in [5.74, 6) is 0.419. The molecule has 0 amide bonds. The van der Waals surface area contributed by atoms with Crippen LogP contribution in [0.15, 0.2) is 17.6 Å². The maximum absolute atomic E-state index is 12.6. The van der Waals surface area contributed by atoms with Crippen LogP contribution in [0.1, 0.15) is 32.6 Å². The van der Waals surface area contributed by atoms with Crippen molar-refractivity contribution < 1.29 is 8.42 Å². The van der Waals surface area contributed by atoms with Gasteiger partial charge in [0.15, 0.2) is 5.03 Å². The fourth-order valence-corrected chi connectivity index (χ4v) is 4.30. The number of sulfonamides is 1. The number of hydrogen-bond donors (Lipinski definition) is 1. The van der Waals surface area contributed by atoms with Gasteiger partial charge < -0.3 is 9.88 Å². The van der Waals surface area contributed by atoms with Crippen LogP contribution >= 0.6 is 0 Å². The molecule has 1 unspecified atom stereocenters. The Balaban J connectivity index is 1.65. The van der Waals surface area contributed by atoms with Crippen LogP contribution in [0.3, 0.4) is 0 Å². The van der Waals surface area contributed by atoms with Crippen molar-refractivity contribution >= 4 is 10.0 Å². The molecule has 3 rings (SSSR count). The highest BCUT2D eigenvalue weighted by Crippen LogP contribution is 2.24. The Hall–Kier alpha value is -0.920. The van der Waals surface area contributed by atoms with E-state index in [4.69, 9.17) is 0 Å². The first-order chi connectivity index (χ1) is 10.1. The summed E-state index contributed by atoms with van der Waals surface area (Å²) in [6.07, 6.45) is 7.79. The summed E-state index contributed by atoms with van der Waals surface area (Å²) < 4.78 is 28.7. The molecule has 1 aromatic heterocycles. The van der Waals surface area contributed by atoms with Gasteiger partial charge >= 0.3 is 0 Å². The van der Waals surface area contributed by atoms with Crippen LogP contribution in [0.25, 0.3) is 0 Å². The van der Waals surface area contributed by atoms with Crippen molar-refractivity contribution in [3.8, 4) is 0 Å². The first kappa shape index (κ1) is 15.0. The predicted molar refractivity (Wildman–Crippen MR) is 80.4 cm³/mol. The highest BCUT2D eigenvalue weighted by molar-refractivity contribution is 7.89. The van der Waals surface area contributed by atoms with Crippen molar-refractivity contribution in [3.63, 3.8) is 0 Å². The molecule has 0 bridgehead atoms. The third-order valence-corrected chi connectivity index (χ3v) is 6.08. The number of nitrogens with zero attached hydrogens (tertiary/aromatic N) is 3. The maximum atomic E-state index is 12.6. The van der Waals surface area contributed by atoms with Crippen molar-refractivity contribution in [1.82, 2.24) is 19.2 Å². The second-order valence-corrected chi connectivity index (χ2v) is 7.98. The minimum absolute atomic E-state index is 0.181. The number of nitrogens with one attached hydrogen (secondary N) is 1. The van der Waals surface area contributed by atoms with E-state index >= 15 is 0 Å². The van der Waals surface area contributed by atoms with Gasteiger partial charge in [-0.3, -0.25) is 0 Å². The molecule has 0 aromatic carbocycles. The van der Waals surface area contributed by atoms with E-state index in [1.165, 1.54) is 12.8 Å². The number of aryl methyl sites for hydroxylation is 1. The SMILES string of the molecule is CCn1cnc(S(=O)(=O)N2CCCC(CNC3CC3)C2)c1. The number of rotatable bonds is 6. The van der Waals surface area contributed by atoms with Crippen molar-refractivity contribution in [3.05, 3.63) is 12.5 Å². The van der Waals surface area contributed by atoms with E-state index < -0.39 is 10.0 Å². The zero-order valence-corrected chi connectivity index (χ0v) is 13.3. The van der Waals surface area contributed by atoms with Gasteiger partial charge in [-0.2, -0.15) is 4.31 Å². The summed E-state index contributed by atoms with van der Waals surface area (Å²) in [7, 11) is -3.43. The maximum Gasteiger partial charge on any atom is 0.262 e. The number of aromatic nitrogens is 2. The second-order valence-electron chi connectivity index (χ2n) is 6.10. The van der Waals surface area contributed by atoms with E-state index in [0.29, 0.717) is 25.0 Å².